The molecule has 5 heteroatoms. The Balaban J connectivity index is 1.97. The minimum atomic E-state index is -0.303. The van der Waals surface area contributed by atoms with Crippen molar-refractivity contribution >= 4 is 29.0 Å². The fourth-order valence-electron chi connectivity index (χ4n) is 1.85. The first kappa shape index (κ1) is 11.1. The van der Waals surface area contributed by atoms with Crippen molar-refractivity contribution in [3.05, 3.63) is 48.3 Å². The van der Waals surface area contributed by atoms with E-state index in [1.54, 1.807) is 12.3 Å². The lowest BCUT2D eigenvalue weighted by molar-refractivity contribution is -0.116. The Morgan fingerprint density at radius 2 is 2.17 bits per heavy atom. The quantitative estimate of drug-likeness (QED) is 0.770. The molecule has 1 unspecified atom stereocenters. The highest BCUT2D eigenvalue weighted by Crippen LogP contribution is 2.43. The van der Waals surface area contributed by atoms with E-state index >= 15 is 0 Å². The number of thioether (sulfide) groups is 1. The van der Waals surface area contributed by atoms with Crippen LogP contribution in [0, 0.1) is 0 Å². The standard InChI is InChI=1S/C13H11N3OS/c14-8-4-5-11-10(7-8)16-13(17)12(18-11)9-3-1-2-6-15-9/h1-7,12H,14H2,(H,16,17). The maximum Gasteiger partial charge on any atom is 0.244 e. The fraction of sp³-hybridized carbons (Fsp3) is 0.0769. The summed E-state index contributed by atoms with van der Waals surface area (Å²) in [7, 11) is 0. The van der Waals surface area contributed by atoms with Crippen LogP contribution in [-0.4, -0.2) is 10.9 Å². The van der Waals surface area contributed by atoms with Gasteiger partial charge in [0.2, 0.25) is 5.91 Å². The molecule has 4 nitrogen and oxygen atoms in total. The Labute approximate surface area is 109 Å². The third-order valence-corrected chi connectivity index (χ3v) is 4.00. The van der Waals surface area contributed by atoms with Gasteiger partial charge in [-0.1, -0.05) is 6.07 Å². The third-order valence-electron chi connectivity index (χ3n) is 2.70. The van der Waals surface area contributed by atoms with E-state index in [9.17, 15) is 4.79 Å². The molecule has 0 radical (unpaired) electrons. The van der Waals surface area contributed by atoms with Gasteiger partial charge >= 0.3 is 0 Å². The minimum Gasteiger partial charge on any atom is -0.399 e. The van der Waals surface area contributed by atoms with Gasteiger partial charge in [0.1, 0.15) is 5.25 Å². The number of nitrogens with two attached hydrogens (primary N) is 1. The van der Waals surface area contributed by atoms with E-state index in [-0.39, 0.29) is 11.2 Å². The van der Waals surface area contributed by atoms with Gasteiger partial charge in [0.05, 0.1) is 11.4 Å². The highest BCUT2D eigenvalue weighted by atomic mass is 32.2. The van der Waals surface area contributed by atoms with Crippen LogP contribution in [0.25, 0.3) is 0 Å². The summed E-state index contributed by atoms with van der Waals surface area (Å²) < 4.78 is 0. The van der Waals surface area contributed by atoms with Crippen LogP contribution in [0.15, 0.2) is 47.5 Å². The highest BCUT2D eigenvalue weighted by Gasteiger charge is 2.29. The second kappa shape index (κ2) is 4.34. The molecule has 3 rings (SSSR count). The minimum absolute atomic E-state index is 0.0585. The Hall–Kier alpha value is -2.01. The number of aromatic nitrogens is 1. The van der Waals surface area contributed by atoms with Crippen molar-refractivity contribution in [2.24, 2.45) is 0 Å². The molecule has 0 saturated heterocycles. The molecule has 90 valence electrons. The zero-order valence-electron chi connectivity index (χ0n) is 9.46. The fourth-order valence-corrected chi connectivity index (χ4v) is 2.92. The van der Waals surface area contributed by atoms with Gasteiger partial charge < -0.3 is 11.1 Å². The summed E-state index contributed by atoms with van der Waals surface area (Å²) >= 11 is 1.50. The van der Waals surface area contributed by atoms with E-state index in [4.69, 9.17) is 5.73 Å². The number of anilines is 2. The molecule has 1 amide bonds. The topological polar surface area (TPSA) is 68.0 Å². The number of hydrogen-bond acceptors (Lipinski definition) is 4. The Kier molecular flexibility index (Phi) is 2.68. The van der Waals surface area contributed by atoms with E-state index in [1.165, 1.54) is 11.8 Å². The number of nitrogens with one attached hydrogen (secondary N) is 1. The number of pyridine rings is 1. The van der Waals surface area contributed by atoms with Crippen LogP contribution in [0.2, 0.25) is 0 Å². The lowest BCUT2D eigenvalue weighted by atomic mass is 10.2. The van der Waals surface area contributed by atoms with Crippen molar-refractivity contribution in [1.29, 1.82) is 0 Å². The summed E-state index contributed by atoms with van der Waals surface area (Å²) in [6.07, 6.45) is 1.70. The van der Waals surface area contributed by atoms with Gasteiger partial charge in [-0.25, -0.2) is 0 Å². The molecule has 1 aliphatic heterocycles. The summed E-state index contributed by atoms with van der Waals surface area (Å²) in [4.78, 5) is 17.3. The lowest BCUT2D eigenvalue weighted by Gasteiger charge is -2.23. The first-order valence-corrected chi connectivity index (χ1v) is 6.40. The number of nitrogens with zero attached hydrogens (tertiary/aromatic N) is 1. The molecular weight excluding hydrogens is 246 g/mol. The molecule has 2 aromatic rings. The molecule has 0 fully saturated rings. The normalized spacial score (nSPS) is 18.0. The van der Waals surface area contributed by atoms with Crippen LogP contribution in [-0.2, 0) is 4.79 Å². The molecule has 1 atom stereocenters. The van der Waals surface area contributed by atoms with Crippen molar-refractivity contribution in [3.8, 4) is 0 Å². The van der Waals surface area contributed by atoms with E-state index in [0.29, 0.717) is 5.69 Å². The van der Waals surface area contributed by atoms with Gasteiger partial charge in [0.25, 0.3) is 0 Å². The molecular formula is C13H11N3OS. The van der Waals surface area contributed by atoms with Crippen LogP contribution in [0.1, 0.15) is 10.9 Å². The van der Waals surface area contributed by atoms with Crippen molar-refractivity contribution in [1.82, 2.24) is 4.98 Å². The van der Waals surface area contributed by atoms with Crippen molar-refractivity contribution in [2.75, 3.05) is 11.1 Å². The average molecular weight is 257 g/mol. The summed E-state index contributed by atoms with van der Waals surface area (Å²) in [5.41, 5.74) is 7.89. The molecule has 0 spiro atoms. The van der Waals surface area contributed by atoms with Gasteiger partial charge in [-0.15, -0.1) is 11.8 Å². The number of hydrogen-bond donors (Lipinski definition) is 2. The number of carbonyl (C=O) groups is 1. The smallest absolute Gasteiger partial charge is 0.244 e. The molecule has 0 bridgehead atoms. The van der Waals surface area contributed by atoms with Crippen LogP contribution in [0.5, 0.6) is 0 Å². The van der Waals surface area contributed by atoms with Gasteiger partial charge in [0, 0.05) is 16.8 Å². The van der Waals surface area contributed by atoms with Gasteiger partial charge in [0.15, 0.2) is 0 Å². The van der Waals surface area contributed by atoms with Crippen molar-refractivity contribution < 1.29 is 4.79 Å². The number of rotatable bonds is 1. The number of benzene rings is 1. The van der Waals surface area contributed by atoms with E-state index < -0.39 is 0 Å². The molecule has 0 aliphatic carbocycles. The van der Waals surface area contributed by atoms with Gasteiger partial charge in [-0.3, -0.25) is 9.78 Å². The molecule has 2 heterocycles. The SMILES string of the molecule is Nc1ccc2c(c1)NC(=O)C(c1ccccn1)S2. The number of nitrogen functional groups attached to an aromatic ring is 1. The molecule has 1 aromatic carbocycles. The number of fused-ring (bicyclic) bond motifs is 1. The Morgan fingerprint density at radius 3 is 2.94 bits per heavy atom. The van der Waals surface area contributed by atoms with Crippen LogP contribution in [0.4, 0.5) is 11.4 Å². The second-order valence-electron chi connectivity index (χ2n) is 4.00. The number of carbonyl (C=O) groups excluding carboxylic acids is 1. The first-order chi connectivity index (χ1) is 8.74. The van der Waals surface area contributed by atoms with E-state index in [2.05, 4.69) is 10.3 Å². The van der Waals surface area contributed by atoms with Crippen molar-refractivity contribution in [3.63, 3.8) is 0 Å². The predicted molar refractivity (Wildman–Crippen MR) is 72.3 cm³/mol. The molecule has 1 aromatic heterocycles. The second-order valence-corrected chi connectivity index (χ2v) is 5.14. The zero-order chi connectivity index (χ0) is 12.5. The van der Waals surface area contributed by atoms with Crippen LogP contribution >= 0.6 is 11.8 Å². The zero-order valence-corrected chi connectivity index (χ0v) is 10.3. The molecule has 0 saturated carbocycles. The molecule has 1 aliphatic rings. The Bertz CT molecular complexity index is 600. The summed E-state index contributed by atoms with van der Waals surface area (Å²) in [6, 6.07) is 11.1. The highest BCUT2D eigenvalue weighted by molar-refractivity contribution is 8.00. The largest absolute Gasteiger partial charge is 0.399 e. The average Bonchev–Trinajstić information content (AvgIpc) is 2.39. The van der Waals surface area contributed by atoms with Crippen molar-refractivity contribution in [2.45, 2.75) is 10.1 Å². The third kappa shape index (κ3) is 1.93. The maximum absolute atomic E-state index is 12.1. The van der Waals surface area contributed by atoms with E-state index in [1.807, 2.05) is 30.3 Å². The monoisotopic (exact) mass is 257 g/mol. The maximum atomic E-state index is 12.1. The van der Waals surface area contributed by atoms with Crippen LogP contribution < -0.4 is 11.1 Å². The first-order valence-electron chi connectivity index (χ1n) is 5.52. The van der Waals surface area contributed by atoms with E-state index in [0.717, 1.165) is 16.3 Å². The van der Waals surface area contributed by atoms with Gasteiger partial charge in [-0.05, 0) is 30.3 Å². The lowest BCUT2D eigenvalue weighted by Crippen LogP contribution is -2.23. The van der Waals surface area contributed by atoms with Crippen LogP contribution in [0.3, 0.4) is 0 Å². The summed E-state index contributed by atoms with van der Waals surface area (Å²) in [5, 5.41) is 2.57. The molecule has 3 N–H and O–H groups in total. The molecule has 18 heavy (non-hydrogen) atoms. The number of amides is 1. The Morgan fingerprint density at radius 1 is 1.28 bits per heavy atom. The summed E-state index contributed by atoms with van der Waals surface area (Å²) in [5.74, 6) is -0.0585. The summed E-state index contributed by atoms with van der Waals surface area (Å²) in [6.45, 7) is 0. The van der Waals surface area contributed by atoms with Gasteiger partial charge in [-0.2, -0.15) is 0 Å². The predicted octanol–water partition coefficient (Wildman–Crippen LogP) is 2.45.